The Bertz CT molecular complexity index is 1070. The van der Waals surface area contributed by atoms with E-state index in [0.29, 0.717) is 64.0 Å². The van der Waals surface area contributed by atoms with Gasteiger partial charge in [0.1, 0.15) is 12.4 Å². The fraction of sp³-hybridized carbons (Fsp3) is 0.545. The van der Waals surface area contributed by atoms with E-state index in [9.17, 15) is 18.0 Å². The van der Waals surface area contributed by atoms with Gasteiger partial charge < -0.3 is 19.3 Å². The van der Waals surface area contributed by atoms with Gasteiger partial charge in [-0.15, -0.1) is 0 Å². The third kappa shape index (κ3) is 3.70. The molecule has 0 radical (unpaired) electrons. The highest BCUT2D eigenvalue weighted by Gasteiger charge is 2.39. The van der Waals surface area contributed by atoms with E-state index >= 15 is 0 Å². The second-order valence-electron chi connectivity index (χ2n) is 8.71. The Balaban J connectivity index is 1.29. The first kappa shape index (κ1) is 21.4. The van der Waals surface area contributed by atoms with Gasteiger partial charge in [0.15, 0.2) is 0 Å². The van der Waals surface area contributed by atoms with Crippen molar-refractivity contribution in [1.82, 2.24) is 9.21 Å². The Morgan fingerprint density at radius 1 is 1.00 bits per heavy atom. The Kier molecular flexibility index (Phi) is 5.47. The van der Waals surface area contributed by atoms with Gasteiger partial charge in [-0.05, 0) is 42.2 Å². The number of fused-ring (bicyclic) bond motifs is 1. The van der Waals surface area contributed by atoms with Crippen LogP contribution in [-0.2, 0) is 24.3 Å². The molecule has 0 spiro atoms. The van der Waals surface area contributed by atoms with Crippen LogP contribution in [0.5, 0.6) is 5.75 Å². The van der Waals surface area contributed by atoms with Crippen molar-refractivity contribution >= 4 is 27.5 Å². The van der Waals surface area contributed by atoms with E-state index < -0.39 is 10.0 Å². The summed E-state index contributed by atoms with van der Waals surface area (Å²) in [5.41, 5.74) is 2.51. The zero-order chi connectivity index (χ0) is 22.5. The van der Waals surface area contributed by atoms with Gasteiger partial charge in [0.05, 0.1) is 17.1 Å². The third-order valence-electron chi connectivity index (χ3n) is 6.69. The van der Waals surface area contributed by atoms with Gasteiger partial charge in [-0.1, -0.05) is 0 Å². The number of sulfonamides is 1. The van der Waals surface area contributed by atoms with E-state index in [4.69, 9.17) is 9.47 Å². The SMILES string of the molecule is CC(=O)N1CCOc2ccc(S(=O)(=O)N3CC4=C(CN(C(=O)C5CCOCC5)C4)C3)cc21. The van der Waals surface area contributed by atoms with E-state index in [1.54, 1.807) is 11.0 Å². The molecular weight excluding hydrogens is 434 g/mol. The van der Waals surface area contributed by atoms with Crippen molar-refractivity contribution in [2.75, 3.05) is 57.4 Å². The third-order valence-corrected chi connectivity index (χ3v) is 8.48. The molecular formula is C22H27N3O6S. The van der Waals surface area contributed by atoms with Crippen molar-refractivity contribution in [3.05, 3.63) is 29.3 Å². The van der Waals surface area contributed by atoms with Crippen LogP contribution in [0.15, 0.2) is 34.2 Å². The first-order valence-corrected chi connectivity index (χ1v) is 12.4. The number of carbonyl (C=O) groups excluding carboxylic acids is 2. The molecule has 5 rings (SSSR count). The summed E-state index contributed by atoms with van der Waals surface area (Å²) in [7, 11) is -3.74. The average molecular weight is 462 g/mol. The second kappa shape index (κ2) is 8.17. The number of hydrogen-bond acceptors (Lipinski definition) is 6. The zero-order valence-electron chi connectivity index (χ0n) is 18.1. The molecule has 2 amide bonds. The number of hydrogen-bond donors (Lipinski definition) is 0. The summed E-state index contributed by atoms with van der Waals surface area (Å²) in [6, 6.07) is 4.67. The summed E-state index contributed by atoms with van der Waals surface area (Å²) in [6.07, 6.45) is 1.50. The first-order chi connectivity index (χ1) is 15.3. The van der Waals surface area contributed by atoms with E-state index in [1.165, 1.54) is 23.4 Å². The Morgan fingerprint density at radius 3 is 2.34 bits per heavy atom. The highest BCUT2D eigenvalue weighted by molar-refractivity contribution is 7.89. The van der Waals surface area contributed by atoms with Crippen molar-refractivity contribution < 1.29 is 27.5 Å². The molecule has 0 N–H and O–H groups in total. The summed E-state index contributed by atoms with van der Waals surface area (Å²) in [5.74, 6) is 0.511. The highest BCUT2D eigenvalue weighted by Crippen LogP contribution is 2.36. The van der Waals surface area contributed by atoms with Crippen molar-refractivity contribution in [3.8, 4) is 5.75 Å². The largest absolute Gasteiger partial charge is 0.490 e. The van der Waals surface area contributed by atoms with E-state index in [-0.39, 0.29) is 22.6 Å². The highest BCUT2D eigenvalue weighted by atomic mass is 32.2. The predicted octanol–water partition coefficient (Wildman–Crippen LogP) is 1.00. The van der Waals surface area contributed by atoms with Crippen LogP contribution in [0, 0.1) is 5.92 Å². The van der Waals surface area contributed by atoms with Crippen LogP contribution in [-0.4, -0.2) is 82.0 Å². The van der Waals surface area contributed by atoms with E-state index in [2.05, 4.69) is 0 Å². The number of benzene rings is 1. The molecule has 4 aliphatic rings. The number of rotatable bonds is 3. The molecule has 9 nitrogen and oxygen atoms in total. The summed E-state index contributed by atoms with van der Waals surface area (Å²) >= 11 is 0. The molecule has 0 saturated carbocycles. The normalized spacial score (nSPS) is 22.0. The second-order valence-corrected chi connectivity index (χ2v) is 10.6. The van der Waals surface area contributed by atoms with Crippen LogP contribution in [0.4, 0.5) is 5.69 Å². The monoisotopic (exact) mass is 461 g/mol. The molecule has 172 valence electrons. The summed E-state index contributed by atoms with van der Waals surface area (Å²) in [4.78, 5) is 28.3. The van der Waals surface area contributed by atoms with Gasteiger partial charge in [0.2, 0.25) is 21.8 Å². The van der Waals surface area contributed by atoms with Gasteiger partial charge in [0, 0.05) is 52.2 Å². The molecule has 0 unspecified atom stereocenters. The average Bonchev–Trinajstić information content (AvgIpc) is 3.38. The minimum Gasteiger partial charge on any atom is -0.490 e. The molecule has 0 aliphatic carbocycles. The fourth-order valence-corrected chi connectivity index (χ4v) is 6.36. The van der Waals surface area contributed by atoms with Gasteiger partial charge in [-0.3, -0.25) is 9.59 Å². The molecule has 32 heavy (non-hydrogen) atoms. The predicted molar refractivity (Wildman–Crippen MR) is 116 cm³/mol. The number of carbonyl (C=O) groups is 2. The lowest BCUT2D eigenvalue weighted by molar-refractivity contribution is -0.137. The lowest BCUT2D eigenvalue weighted by atomic mass is 9.99. The van der Waals surface area contributed by atoms with Crippen LogP contribution >= 0.6 is 0 Å². The van der Waals surface area contributed by atoms with Gasteiger partial charge in [-0.25, -0.2) is 8.42 Å². The molecule has 0 atom stereocenters. The lowest BCUT2D eigenvalue weighted by Crippen LogP contribution is -2.40. The standard InChI is InChI=1S/C22H27N3O6S/c1-15(26)25-6-9-31-21-3-2-19(10-20(21)25)32(28,29)24-13-17-11-23(12-18(17)14-24)22(27)16-4-7-30-8-5-16/h2-3,10,16H,4-9,11-14H2,1H3. The van der Waals surface area contributed by atoms with Crippen LogP contribution in [0.25, 0.3) is 0 Å². The Labute approximate surface area is 187 Å². The van der Waals surface area contributed by atoms with E-state index in [1.807, 2.05) is 4.90 Å². The lowest BCUT2D eigenvalue weighted by Gasteiger charge is -2.30. The molecule has 1 fully saturated rings. The van der Waals surface area contributed by atoms with Crippen molar-refractivity contribution in [1.29, 1.82) is 0 Å². The maximum atomic E-state index is 13.4. The van der Waals surface area contributed by atoms with Crippen LogP contribution in [0.1, 0.15) is 19.8 Å². The molecule has 0 aromatic heterocycles. The molecule has 10 heteroatoms. The molecule has 1 saturated heterocycles. The van der Waals surface area contributed by atoms with E-state index in [0.717, 1.165) is 24.0 Å². The Morgan fingerprint density at radius 2 is 1.69 bits per heavy atom. The molecule has 0 bridgehead atoms. The molecule has 1 aromatic carbocycles. The summed E-state index contributed by atoms with van der Waals surface area (Å²) in [6.45, 7) is 5.04. The summed E-state index contributed by atoms with van der Waals surface area (Å²) < 4.78 is 39.1. The number of nitrogens with zero attached hydrogens (tertiary/aromatic N) is 3. The van der Waals surface area contributed by atoms with Crippen molar-refractivity contribution in [2.45, 2.75) is 24.7 Å². The van der Waals surface area contributed by atoms with Gasteiger partial charge in [0.25, 0.3) is 0 Å². The number of anilines is 1. The molecule has 4 heterocycles. The van der Waals surface area contributed by atoms with Crippen LogP contribution < -0.4 is 9.64 Å². The molecule has 4 aliphatic heterocycles. The van der Waals surface area contributed by atoms with Gasteiger partial charge >= 0.3 is 0 Å². The van der Waals surface area contributed by atoms with Crippen molar-refractivity contribution in [3.63, 3.8) is 0 Å². The first-order valence-electron chi connectivity index (χ1n) is 11.0. The number of ether oxygens (including phenoxy) is 2. The van der Waals surface area contributed by atoms with Gasteiger partial charge in [-0.2, -0.15) is 4.31 Å². The Hall–Kier alpha value is -2.43. The minimum absolute atomic E-state index is 0.00514. The number of amides is 2. The maximum absolute atomic E-state index is 13.4. The molecule has 1 aromatic rings. The topological polar surface area (TPSA) is 96.5 Å². The summed E-state index contributed by atoms with van der Waals surface area (Å²) in [5, 5.41) is 0. The smallest absolute Gasteiger partial charge is 0.243 e. The van der Waals surface area contributed by atoms with Crippen molar-refractivity contribution in [2.24, 2.45) is 5.92 Å². The van der Waals surface area contributed by atoms with Crippen LogP contribution in [0.2, 0.25) is 0 Å². The van der Waals surface area contributed by atoms with Crippen LogP contribution in [0.3, 0.4) is 0 Å². The zero-order valence-corrected chi connectivity index (χ0v) is 18.9. The quantitative estimate of drug-likeness (QED) is 0.623. The maximum Gasteiger partial charge on any atom is 0.243 e. The minimum atomic E-state index is -3.74. The fourth-order valence-electron chi connectivity index (χ4n) is 4.91.